The molecule has 1 fully saturated rings. The van der Waals surface area contributed by atoms with Crippen LogP contribution in [0.5, 0.6) is 5.75 Å². The maximum atomic E-state index is 6.02. The molecule has 0 heterocycles. The Morgan fingerprint density at radius 2 is 2.22 bits per heavy atom. The molecule has 0 amide bonds. The van der Waals surface area contributed by atoms with E-state index in [9.17, 15) is 0 Å². The predicted molar refractivity (Wildman–Crippen MR) is 77.1 cm³/mol. The molecule has 0 aliphatic heterocycles. The second-order valence-corrected chi connectivity index (χ2v) is 5.30. The van der Waals surface area contributed by atoms with Crippen molar-refractivity contribution in [3.05, 3.63) is 18.2 Å². The number of nitrogen functional groups attached to an aromatic ring is 1. The van der Waals surface area contributed by atoms with Crippen LogP contribution in [0.1, 0.15) is 39.5 Å². The first kappa shape index (κ1) is 13.1. The van der Waals surface area contributed by atoms with Crippen molar-refractivity contribution in [2.75, 3.05) is 17.7 Å². The van der Waals surface area contributed by atoms with E-state index in [4.69, 9.17) is 10.5 Å². The summed E-state index contributed by atoms with van der Waals surface area (Å²) in [5, 5.41) is 3.57. The highest BCUT2D eigenvalue weighted by Gasteiger charge is 2.19. The van der Waals surface area contributed by atoms with Crippen molar-refractivity contribution in [1.82, 2.24) is 0 Å². The molecule has 1 aliphatic rings. The number of rotatable bonds is 4. The SMILES string of the molecule is CCOc1ccc(N)c(NC2CCCC(C)C2)c1. The average Bonchev–Trinajstić information content (AvgIpc) is 2.34. The van der Waals surface area contributed by atoms with Crippen molar-refractivity contribution in [3.63, 3.8) is 0 Å². The molecule has 2 rings (SSSR count). The van der Waals surface area contributed by atoms with Gasteiger partial charge in [0.1, 0.15) is 5.75 Å². The van der Waals surface area contributed by atoms with E-state index in [0.717, 1.165) is 23.0 Å². The fraction of sp³-hybridized carbons (Fsp3) is 0.600. The number of benzene rings is 1. The third kappa shape index (κ3) is 3.31. The summed E-state index contributed by atoms with van der Waals surface area (Å²) in [5.74, 6) is 1.70. The molecular formula is C15H24N2O. The van der Waals surface area contributed by atoms with Crippen molar-refractivity contribution in [2.24, 2.45) is 5.92 Å². The van der Waals surface area contributed by atoms with Crippen LogP contribution in [0, 0.1) is 5.92 Å². The molecule has 3 N–H and O–H groups in total. The van der Waals surface area contributed by atoms with Gasteiger partial charge in [0.25, 0.3) is 0 Å². The molecule has 100 valence electrons. The van der Waals surface area contributed by atoms with Gasteiger partial charge in [0.2, 0.25) is 0 Å². The highest BCUT2D eigenvalue weighted by Crippen LogP contribution is 2.30. The first-order valence-electron chi connectivity index (χ1n) is 6.98. The fourth-order valence-corrected chi connectivity index (χ4v) is 2.70. The maximum absolute atomic E-state index is 6.02. The van der Waals surface area contributed by atoms with Crippen LogP contribution in [0.25, 0.3) is 0 Å². The highest BCUT2D eigenvalue weighted by atomic mass is 16.5. The van der Waals surface area contributed by atoms with E-state index in [0.29, 0.717) is 12.6 Å². The van der Waals surface area contributed by atoms with Gasteiger partial charge in [-0.2, -0.15) is 0 Å². The molecule has 0 spiro atoms. The van der Waals surface area contributed by atoms with Crippen molar-refractivity contribution in [1.29, 1.82) is 0 Å². The molecule has 3 heteroatoms. The third-order valence-corrected chi connectivity index (χ3v) is 3.63. The van der Waals surface area contributed by atoms with Crippen LogP contribution in [0.15, 0.2) is 18.2 Å². The first-order chi connectivity index (χ1) is 8.69. The topological polar surface area (TPSA) is 47.3 Å². The molecule has 1 aromatic rings. The lowest BCUT2D eigenvalue weighted by molar-refractivity contribution is 0.340. The molecule has 0 radical (unpaired) electrons. The van der Waals surface area contributed by atoms with E-state index in [1.54, 1.807) is 0 Å². The summed E-state index contributed by atoms with van der Waals surface area (Å²) >= 11 is 0. The Bertz CT molecular complexity index is 392. The minimum absolute atomic E-state index is 0.549. The zero-order valence-corrected chi connectivity index (χ0v) is 11.4. The Hall–Kier alpha value is -1.38. The minimum Gasteiger partial charge on any atom is -0.494 e. The van der Waals surface area contributed by atoms with Gasteiger partial charge in [-0.25, -0.2) is 0 Å². The van der Waals surface area contributed by atoms with Crippen LogP contribution in [0.4, 0.5) is 11.4 Å². The van der Waals surface area contributed by atoms with Crippen molar-refractivity contribution in [3.8, 4) is 5.75 Å². The number of nitrogens with two attached hydrogens (primary N) is 1. The summed E-state index contributed by atoms with van der Waals surface area (Å²) in [6.45, 7) is 5.00. The monoisotopic (exact) mass is 248 g/mol. The summed E-state index contributed by atoms with van der Waals surface area (Å²) in [7, 11) is 0. The number of anilines is 2. The number of nitrogens with one attached hydrogen (secondary N) is 1. The molecule has 3 nitrogen and oxygen atoms in total. The van der Waals surface area contributed by atoms with Gasteiger partial charge in [-0.3, -0.25) is 0 Å². The standard InChI is InChI=1S/C15H24N2O/c1-3-18-13-7-8-14(16)15(10-13)17-12-6-4-5-11(2)9-12/h7-8,10-12,17H,3-6,9,16H2,1-2H3. The van der Waals surface area contributed by atoms with Crippen LogP contribution in [0.2, 0.25) is 0 Å². The Morgan fingerprint density at radius 1 is 1.39 bits per heavy atom. The fourth-order valence-electron chi connectivity index (χ4n) is 2.70. The second-order valence-electron chi connectivity index (χ2n) is 5.30. The van der Waals surface area contributed by atoms with Crippen LogP contribution in [-0.2, 0) is 0 Å². The maximum Gasteiger partial charge on any atom is 0.121 e. The molecule has 18 heavy (non-hydrogen) atoms. The van der Waals surface area contributed by atoms with Gasteiger partial charge in [0.05, 0.1) is 18.0 Å². The lowest BCUT2D eigenvalue weighted by Gasteiger charge is -2.28. The lowest BCUT2D eigenvalue weighted by atomic mass is 9.87. The summed E-state index contributed by atoms with van der Waals surface area (Å²) in [6.07, 6.45) is 5.14. The van der Waals surface area contributed by atoms with Gasteiger partial charge in [-0.1, -0.05) is 19.8 Å². The van der Waals surface area contributed by atoms with E-state index in [-0.39, 0.29) is 0 Å². The average molecular weight is 248 g/mol. The van der Waals surface area contributed by atoms with Gasteiger partial charge < -0.3 is 15.8 Å². The van der Waals surface area contributed by atoms with Crippen molar-refractivity contribution >= 4 is 11.4 Å². The molecule has 1 saturated carbocycles. The quantitative estimate of drug-likeness (QED) is 0.799. The van der Waals surface area contributed by atoms with Crippen molar-refractivity contribution < 1.29 is 4.74 Å². The van der Waals surface area contributed by atoms with Crippen molar-refractivity contribution in [2.45, 2.75) is 45.6 Å². The van der Waals surface area contributed by atoms with Crippen LogP contribution >= 0.6 is 0 Å². The van der Waals surface area contributed by atoms with E-state index in [1.807, 2.05) is 25.1 Å². The minimum atomic E-state index is 0.549. The Labute approximate surface area is 110 Å². The molecule has 0 aromatic heterocycles. The van der Waals surface area contributed by atoms with E-state index in [1.165, 1.54) is 25.7 Å². The first-order valence-corrected chi connectivity index (χ1v) is 6.98. The van der Waals surface area contributed by atoms with Crippen LogP contribution in [0.3, 0.4) is 0 Å². The summed E-state index contributed by atoms with van der Waals surface area (Å²) in [5.41, 5.74) is 7.84. The normalized spacial score (nSPS) is 23.7. The molecular weight excluding hydrogens is 224 g/mol. The summed E-state index contributed by atoms with van der Waals surface area (Å²) < 4.78 is 5.52. The third-order valence-electron chi connectivity index (χ3n) is 3.63. The number of ether oxygens (including phenoxy) is 1. The van der Waals surface area contributed by atoms with E-state index >= 15 is 0 Å². The zero-order valence-electron chi connectivity index (χ0n) is 11.4. The van der Waals surface area contributed by atoms with E-state index < -0.39 is 0 Å². The Balaban J connectivity index is 2.05. The largest absolute Gasteiger partial charge is 0.494 e. The van der Waals surface area contributed by atoms with Gasteiger partial charge in [-0.05, 0) is 37.8 Å². The van der Waals surface area contributed by atoms with Crippen LogP contribution < -0.4 is 15.8 Å². The molecule has 1 aliphatic carbocycles. The van der Waals surface area contributed by atoms with E-state index in [2.05, 4.69) is 12.2 Å². The Kier molecular flexibility index (Phi) is 4.34. The molecule has 2 atom stereocenters. The number of hydrogen-bond acceptors (Lipinski definition) is 3. The van der Waals surface area contributed by atoms with Gasteiger partial charge in [-0.15, -0.1) is 0 Å². The molecule has 2 unspecified atom stereocenters. The second kappa shape index (κ2) is 5.98. The smallest absolute Gasteiger partial charge is 0.121 e. The predicted octanol–water partition coefficient (Wildman–Crippen LogP) is 3.66. The zero-order chi connectivity index (χ0) is 13.0. The summed E-state index contributed by atoms with van der Waals surface area (Å²) in [4.78, 5) is 0. The molecule has 1 aromatic carbocycles. The lowest BCUT2D eigenvalue weighted by Crippen LogP contribution is -2.26. The molecule has 0 bridgehead atoms. The highest BCUT2D eigenvalue weighted by molar-refractivity contribution is 5.68. The van der Waals surface area contributed by atoms with Gasteiger partial charge in [0, 0.05) is 12.1 Å². The van der Waals surface area contributed by atoms with Crippen LogP contribution in [-0.4, -0.2) is 12.6 Å². The summed E-state index contributed by atoms with van der Waals surface area (Å²) in [6, 6.07) is 6.40. The Morgan fingerprint density at radius 3 is 2.94 bits per heavy atom. The van der Waals surface area contributed by atoms with Gasteiger partial charge >= 0.3 is 0 Å². The number of hydrogen-bond donors (Lipinski definition) is 2. The molecule has 0 saturated heterocycles. The van der Waals surface area contributed by atoms with Gasteiger partial charge in [0.15, 0.2) is 0 Å².